The van der Waals surface area contributed by atoms with E-state index in [-0.39, 0.29) is 24.4 Å². The maximum atomic E-state index is 13.7. The van der Waals surface area contributed by atoms with Gasteiger partial charge in [-0.15, -0.1) is 0 Å². The Hall–Kier alpha value is -0.410. The summed E-state index contributed by atoms with van der Waals surface area (Å²) in [4.78, 5) is 26.4. The van der Waals surface area contributed by atoms with E-state index in [1.54, 1.807) is 0 Å². The first kappa shape index (κ1) is 42.7. The van der Waals surface area contributed by atoms with E-state index in [2.05, 4.69) is 34.7 Å². The molecular weight excluding hydrogens is 526 g/mol. The summed E-state index contributed by atoms with van der Waals surface area (Å²) in [5.41, 5.74) is 0. The Morgan fingerprint density at radius 3 is 1.24 bits per heavy atom. The van der Waals surface area contributed by atoms with Gasteiger partial charge >= 0.3 is 0 Å². The SMILES string of the molecule is CCCCCCCCCCCCCC(C(=O)CCCCCCCCCCC)C(C=O)[N+](C)(CCCC)CCCC.[Cl-]. The van der Waals surface area contributed by atoms with E-state index in [4.69, 9.17) is 0 Å². The maximum absolute atomic E-state index is 13.7. The molecule has 0 aliphatic rings. The van der Waals surface area contributed by atoms with Crippen LogP contribution in [-0.2, 0) is 9.59 Å². The minimum atomic E-state index is -0.174. The zero-order valence-corrected chi connectivity index (χ0v) is 29.4. The van der Waals surface area contributed by atoms with Crippen LogP contribution in [0.1, 0.15) is 195 Å². The number of nitrogens with zero attached hydrogens (tertiary/aromatic N) is 1. The third-order valence-corrected chi connectivity index (χ3v) is 9.38. The highest BCUT2D eigenvalue weighted by atomic mass is 35.5. The van der Waals surface area contributed by atoms with Crippen molar-refractivity contribution in [2.24, 2.45) is 5.92 Å². The summed E-state index contributed by atoms with van der Waals surface area (Å²) < 4.78 is 0.761. The van der Waals surface area contributed by atoms with Gasteiger partial charge in [0, 0.05) is 6.42 Å². The first-order valence-electron chi connectivity index (χ1n) is 18.3. The number of likely N-dealkylation sites (N-methyl/N-ethyl adjacent to an activating group) is 1. The normalized spacial score (nSPS) is 13.1. The molecule has 0 rings (SSSR count). The van der Waals surface area contributed by atoms with Gasteiger partial charge in [0.2, 0.25) is 0 Å². The lowest BCUT2D eigenvalue weighted by Gasteiger charge is -2.42. The minimum absolute atomic E-state index is 0. The Balaban J connectivity index is 0. The predicted molar refractivity (Wildman–Crippen MR) is 177 cm³/mol. The molecule has 3 nitrogen and oxygen atoms in total. The van der Waals surface area contributed by atoms with Crippen molar-refractivity contribution in [1.29, 1.82) is 0 Å². The molecule has 0 radical (unpaired) electrons. The Bertz CT molecular complexity index is 559. The zero-order valence-electron chi connectivity index (χ0n) is 28.7. The number of halogens is 1. The lowest BCUT2D eigenvalue weighted by atomic mass is 9.85. The third kappa shape index (κ3) is 22.7. The predicted octanol–water partition coefficient (Wildman–Crippen LogP) is 8.41. The highest BCUT2D eigenvalue weighted by molar-refractivity contribution is 5.84. The molecule has 246 valence electrons. The van der Waals surface area contributed by atoms with Gasteiger partial charge in [-0.25, -0.2) is 0 Å². The van der Waals surface area contributed by atoms with Crippen LogP contribution in [0, 0.1) is 5.92 Å². The highest BCUT2D eigenvalue weighted by Crippen LogP contribution is 2.27. The zero-order chi connectivity index (χ0) is 29.7. The standard InChI is InChI=1S/C37H74NO2.ClH/c1-6-10-14-16-18-20-21-23-24-26-28-30-35(36(34-39)38(5,32-12-8-3)33-13-9-4)37(40)31-29-27-25-22-19-17-15-11-7-2;/h34-36H,6-33H2,1-5H3;1H/q+1;/p-1. The average molecular weight is 600 g/mol. The van der Waals surface area contributed by atoms with Crippen molar-refractivity contribution in [3.05, 3.63) is 0 Å². The molecule has 0 aromatic rings. The molecule has 0 amide bonds. The van der Waals surface area contributed by atoms with Gasteiger partial charge in [-0.1, -0.05) is 163 Å². The van der Waals surface area contributed by atoms with Gasteiger partial charge in [0.25, 0.3) is 0 Å². The Morgan fingerprint density at radius 2 is 0.878 bits per heavy atom. The first-order valence-corrected chi connectivity index (χ1v) is 18.3. The summed E-state index contributed by atoms with van der Waals surface area (Å²) in [5, 5.41) is 0. The number of Topliss-reactive ketones (excluding diaryl/α,β-unsaturated/α-hetero) is 1. The van der Waals surface area contributed by atoms with Gasteiger partial charge in [-0.3, -0.25) is 9.59 Å². The van der Waals surface area contributed by atoms with E-state index >= 15 is 0 Å². The third-order valence-electron chi connectivity index (χ3n) is 9.38. The smallest absolute Gasteiger partial charge is 0.178 e. The molecule has 0 fully saturated rings. The van der Waals surface area contributed by atoms with E-state index in [0.29, 0.717) is 12.2 Å². The van der Waals surface area contributed by atoms with Crippen molar-refractivity contribution in [3.63, 3.8) is 0 Å². The number of unbranched alkanes of at least 4 members (excludes halogenated alkanes) is 20. The van der Waals surface area contributed by atoms with E-state index < -0.39 is 0 Å². The Morgan fingerprint density at radius 1 is 0.537 bits per heavy atom. The number of hydrogen-bond donors (Lipinski definition) is 0. The molecule has 2 atom stereocenters. The summed E-state index contributed by atoms with van der Waals surface area (Å²) >= 11 is 0. The Kier molecular flexibility index (Phi) is 32.3. The molecule has 0 aliphatic carbocycles. The molecular formula is C37H74ClNO2. The van der Waals surface area contributed by atoms with Gasteiger partial charge in [-0.05, 0) is 25.7 Å². The summed E-state index contributed by atoms with van der Waals surface area (Å²) in [6.07, 6.45) is 33.3. The Labute approximate surface area is 264 Å². The molecule has 0 aromatic heterocycles. The quantitative estimate of drug-likeness (QED) is 0.0442. The average Bonchev–Trinajstić information content (AvgIpc) is 2.96. The molecule has 0 aliphatic heterocycles. The van der Waals surface area contributed by atoms with Crippen LogP contribution in [0.2, 0.25) is 0 Å². The monoisotopic (exact) mass is 600 g/mol. The van der Waals surface area contributed by atoms with Crippen LogP contribution in [0.5, 0.6) is 0 Å². The largest absolute Gasteiger partial charge is 1.00 e. The number of quaternary nitrogens is 1. The first-order chi connectivity index (χ1) is 19.5. The molecule has 0 saturated carbocycles. The number of aldehydes is 1. The summed E-state index contributed by atoms with van der Waals surface area (Å²) in [6, 6.07) is -0.174. The number of carbonyl (C=O) groups excluding carboxylic acids is 2. The second-order valence-electron chi connectivity index (χ2n) is 13.2. The van der Waals surface area contributed by atoms with Crippen LogP contribution in [0.15, 0.2) is 0 Å². The van der Waals surface area contributed by atoms with Gasteiger partial charge in [0.1, 0.15) is 5.78 Å². The number of hydrogen-bond acceptors (Lipinski definition) is 2. The maximum Gasteiger partial charge on any atom is 0.178 e. The second kappa shape index (κ2) is 31.0. The van der Waals surface area contributed by atoms with Crippen molar-refractivity contribution in [2.75, 3.05) is 20.1 Å². The van der Waals surface area contributed by atoms with Gasteiger partial charge < -0.3 is 16.9 Å². The number of rotatable bonds is 32. The summed E-state index contributed by atoms with van der Waals surface area (Å²) in [7, 11) is 2.27. The van der Waals surface area contributed by atoms with Crippen molar-refractivity contribution < 1.29 is 26.5 Å². The fraction of sp³-hybridized carbons (Fsp3) is 0.946. The van der Waals surface area contributed by atoms with Gasteiger partial charge in [0.05, 0.1) is 26.1 Å². The number of carbonyl (C=O) groups is 2. The molecule has 4 heteroatoms. The van der Waals surface area contributed by atoms with Crippen LogP contribution >= 0.6 is 0 Å². The fourth-order valence-electron chi connectivity index (χ4n) is 6.47. The van der Waals surface area contributed by atoms with Crippen LogP contribution in [0.25, 0.3) is 0 Å². The van der Waals surface area contributed by atoms with Crippen molar-refractivity contribution in [2.45, 2.75) is 201 Å². The van der Waals surface area contributed by atoms with Crippen molar-refractivity contribution in [1.82, 2.24) is 0 Å². The minimum Gasteiger partial charge on any atom is -1.00 e. The van der Waals surface area contributed by atoms with E-state index in [1.165, 1.54) is 115 Å². The highest BCUT2D eigenvalue weighted by Gasteiger charge is 2.40. The summed E-state index contributed by atoms with van der Waals surface area (Å²) in [5.74, 6) is 0.285. The van der Waals surface area contributed by atoms with E-state index in [1.807, 2.05) is 0 Å². The molecule has 2 unspecified atom stereocenters. The lowest BCUT2D eigenvalue weighted by molar-refractivity contribution is -0.926. The van der Waals surface area contributed by atoms with Crippen molar-refractivity contribution >= 4 is 12.1 Å². The molecule has 0 heterocycles. The molecule has 0 bridgehead atoms. The second-order valence-corrected chi connectivity index (χ2v) is 13.2. The van der Waals surface area contributed by atoms with Gasteiger partial charge in [0.15, 0.2) is 12.3 Å². The molecule has 0 spiro atoms. The lowest BCUT2D eigenvalue weighted by Crippen LogP contribution is -3.00. The number of ketones is 1. The van der Waals surface area contributed by atoms with Crippen LogP contribution in [0.4, 0.5) is 0 Å². The fourth-order valence-corrected chi connectivity index (χ4v) is 6.47. The van der Waals surface area contributed by atoms with E-state index in [9.17, 15) is 9.59 Å². The molecule has 0 N–H and O–H groups in total. The molecule has 0 saturated heterocycles. The summed E-state index contributed by atoms with van der Waals surface area (Å²) in [6.45, 7) is 11.0. The molecule has 0 aromatic carbocycles. The van der Waals surface area contributed by atoms with Crippen molar-refractivity contribution in [3.8, 4) is 0 Å². The van der Waals surface area contributed by atoms with Crippen LogP contribution in [0.3, 0.4) is 0 Å². The van der Waals surface area contributed by atoms with E-state index in [0.717, 1.165) is 68.9 Å². The topological polar surface area (TPSA) is 34.1 Å². The van der Waals surface area contributed by atoms with Gasteiger partial charge in [-0.2, -0.15) is 0 Å². The molecule has 41 heavy (non-hydrogen) atoms. The van der Waals surface area contributed by atoms with Crippen LogP contribution in [-0.4, -0.2) is 42.7 Å². The van der Waals surface area contributed by atoms with Crippen LogP contribution < -0.4 is 12.4 Å².